The van der Waals surface area contributed by atoms with Crippen LogP contribution in [0.4, 0.5) is 30.2 Å². The van der Waals surface area contributed by atoms with Crippen LogP contribution < -0.4 is 20.7 Å². The maximum absolute atomic E-state index is 12.9. The van der Waals surface area contributed by atoms with E-state index in [-0.39, 0.29) is 22.8 Å². The summed E-state index contributed by atoms with van der Waals surface area (Å²) < 4.78 is 43.2. The number of ether oxygens (including phenoxy) is 1. The van der Waals surface area contributed by atoms with Crippen LogP contribution in [-0.4, -0.2) is 61.4 Å². The highest BCUT2D eigenvalue weighted by atomic mass is 19.4. The van der Waals surface area contributed by atoms with Gasteiger partial charge in [-0.05, 0) is 0 Å². The summed E-state index contributed by atoms with van der Waals surface area (Å²) in [5.74, 6) is -1.38. The summed E-state index contributed by atoms with van der Waals surface area (Å²) in [6.45, 7) is -1.64. The van der Waals surface area contributed by atoms with Crippen molar-refractivity contribution >= 4 is 28.9 Å². The third kappa shape index (κ3) is 5.44. The summed E-state index contributed by atoms with van der Waals surface area (Å²) in [5, 5.41) is 11.6. The van der Waals surface area contributed by atoms with Gasteiger partial charge in [0.1, 0.15) is 12.0 Å². The van der Waals surface area contributed by atoms with Gasteiger partial charge in [-0.3, -0.25) is 14.3 Å². The summed E-state index contributed by atoms with van der Waals surface area (Å²) in [6, 6.07) is -0.667. The molecule has 15 heteroatoms. The smallest absolute Gasteiger partial charge is 0.422 e. The van der Waals surface area contributed by atoms with Crippen LogP contribution in [0, 0.1) is 0 Å². The van der Waals surface area contributed by atoms with E-state index in [1.54, 1.807) is 0 Å². The molecule has 168 valence electrons. The molecule has 0 spiro atoms. The van der Waals surface area contributed by atoms with Crippen LogP contribution in [0.15, 0.2) is 31.1 Å². The lowest BCUT2D eigenvalue weighted by Gasteiger charge is -2.13. The second kappa shape index (κ2) is 9.23. The SMILES string of the molecule is CNC(=O)c1c(NC(=O)c2nc(OCC(F)(F)F)ncc2Nc2cncnc2)cnn1C. The van der Waals surface area contributed by atoms with E-state index in [2.05, 4.69) is 45.7 Å². The lowest BCUT2D eigenvalue weighted by atomic mass is 10.2. The third-order valence-electron chi connectivity index (χ3n) is 3.82. The van der Waals surface area contributed by atoms with Gasteiger partial charge in [-0.1, -0.05) is 0 Å². The minimum Gasteiger partial charge on any atom is -0.454 e. The topological polar surface area (TPSA) is 149 Å². The van der Waals surface area contributed by atoms with Gasteiger partial charge in [-0.15, -0.1) is 0 Å². The van der Waals surface area contributed by atoms with E-state index in [9.17, 15) is 22.8 Å². The van der Waals surface area contributed by atoms with Gasteiger partial charge in [-0.2, -0.15) is 23.3 Å². The number of carbonyl (C=O) groups is 2. The standard InChI is InChI=1S/C17H16F3N9O3/c1-21-15(31)13-11(6-25-29(13)2)27-14(30)12-10(26-9-3-22-8-23-4-9)5-24-16(28-12)32-7-17(18,19)20/h3-6,8,26H,7H2,1-2H3,(H,21,31)(H,27,30). The van der Waals surface area contributed by atoms with Crippen molar-refractivity contribution in [2.75, 3.05) is 24.3 Å². The van der Waals surface area contributed by atoms with Crippen molar-refractivity contribution in [3.8, 4) is 6.01 Å². The number of nitrogens with zero attached hydrogens (tertiary/aromatic N) is 6. The van der Waals surface area contributed by atoms with Crippen LogP contribution in [0.5, 0.6) is 6.01 Å². The molecule has 2 amide bonds. The van der Waals surface area contributed by atoms with Crippen LogP contribution in [-0.2, 0) is 7.05 Å². The van der Waals surface area contributed by atoms with Gasteiger partial charge in [0.2, 0.25) is 0 Å². The number of hydrogen-bond donors (Lipinski definition) is 3. The maximum atomic E-state index is 12.9. The van der Waals surface area contributed by atoms with E-state index in [1.165, 1.54) is 43.7 Å². The van der Waals surface area contributed by atoms with E-state index in [1.807, 2.05) is 0 Å². The highest BCUT2D eigenvalue weighted by Gasteiger charge is 2.29. The molecular formula is C17H16F3N9O3. The van der Waals surface area contributed by atoms with Gasteiger partial charge < -0.3 is 20.7 Å². The number of alkyl halides is 3. The Morgan fingerprint density at radius 3 is 2.47 bits per heavy atom. The van der Waals surface area contributed by atoms with Crippen LogP contribution in [0.1, 0.15) is 21.0 Å². The maximum Gasteiger partial charge on any atom is 0.422 e. The molecule has 0 radical (unpaired) electrons. The average molecular weight is 451 g/mol. The molecule has 3 aromatic rings. The summed E-state index contributed by atoms with van der Waals surface area (Å²) in [7, 11) is 2.90. The molecule has 0 bridgehead atoms. The second-order valence-electron chi connectivity index (χ2n) is 6.13. The van der Waals surface area contributed by atoms with Crippen molar-refractivity contribution in [1.82, 2.24) is 35.0 Å². The van der Waals surface area contributed by atoms with Crippen molar-refractivity contribution in [3.05, 3.63) is 42.5 Å². The summed E-state index contributed by atoms with van der Waals surface area (Å²) in [6.07, 6.45) is 1.77. The molecule has 0 atom stereocenters. The zero-order valence-electron chi connectivity index (χ0n) is 16.6. The number of amides is 2. The molecule has 32 heavy (non-hydrogen) atoms. The first-order valence-electron chi connectivity index (χ1n) is 8.82. The first-order valence-corrected chi connectivity index (χ1v) is 8.82. The number of aromatic nitrogens is 6. The Balaban J connectivity index is 1.94. The fourth-order valence-corrected chi connectivity index (χ4v) is 2.46. The minimum atomic E-state index is -4.62. The van der Waals surface area contributed by atoms with Crippen molar-refractivity contribution in [2.45, 2.75) is 6.18 Å². The largest absolute Gasteiger partial charge is 0.454 e. The molecule has 3 heterocycles. The Kier molecular flexibility index (Phi) is 6.46. The Morgan fingerprint density at radius 2 is 1.81 bits per heavy atom. The Bertz CT molecular complexity index is 1120. The highest BCUT2D eigenvalue weighted by molar-refractivity contribution is 6.10. The van der Waals surface area contributed by atoms with Gasteiger partial charge >= 0.3 is 12.2 Å². The fraction of sp³-hybridized carbons (Fsp3) is 0.235. The van der Waals surface area contributed by atoms with Gasteiger partial charge in [0.25, 0.3) is 11.8 Å². The molecule has 0 saturated heterocycles. The fourth-order valence-electron chi connectivity index (χ4n) is 2.46. The van der Waals surface area contributed by atoms with E-state index in [0.29, 0.717) is 5.69 Å². The van der Waals surface area contributed by atoms with Crippen molar-refractivity contribution in [3.63, 3.8) is 0 Å². The monoisotopic (exact) mass is 451 g/mol. The van der Waals surface area contributed by atoms with Gasteiger partial charge in [0, 0.05) is 14.1 Å². The lowest BCUT2D eigenvalue weighted by molar-refractivity contribution is -0.154. The van der Waals surface area contributed by atoms with Crippen molar-refractivity contribution < 1.29 is 27.5 Å². The van der Waals surface area contributed by atoms with Crippen LogP contribution in [0.3, 0.4) is 0 Å². The first-order chi connectivity index (χ1) is 15.2. The molecule has 3 aromatic heterocycles. The normalized spacial score (nSPS) is 11.0. The van der Waals surface area contributed by atoms with Gasteiger partial charge in [-0.25, -0.2) is 15.0 Å². The number of halogens is 3. The molecule has 0 aliphatic rings. The second-order valence-corrected chi connectivity index (χ2v) is 6.13. The molecule has 3 rings (SSSR count). The molecular weight excluding hydrogens is 435 g/mol. The zero-order valence-corrected chi connectivity index (χ0v) is 16.6. The van der Waals surface area contributed by atoms with E-state index < -0.39 is 30.6 Å². The number of nitrogens with one attached hydrogen (secondary N) is 3. The number of aryl methyl sites for hydroxylation is 1. The summed E-state index contributed by atoms with van der Waals surface area (Å²) in [5.41, 5.74) is 0.146. The van der Waals surface area contributed by atoms with Gasteiger partial charge in [0.05, 0.1) is 41.8 Å². The third-order valence-corrected chi connectivity index (χ3v) is 3.82. The van der Waals surface area contributed by atoms with Crippen molar-refractivity contribution in [1.29, 1.82) is 0 Å². The highest BCUT2D eigenvalue weighted by Crippen LogP contribution is 2.23. The van der Waals surface area contributed by atoms with E-state index in [0.717, 1.165) is 6.20 Å². The molecule has 0 aliphatic carbocycles. The zero-order chi connectivity index (χ0) is 23.3. The number of anilines is 3. The minimum absolute atomic E-state index is 0.0297. The van der Waals surface area contributed by atoms with Crippen molar-refractivity contribution in [2.24, 2.45) is 7.05 Å². The quantitative estimate of drug-likeness (QED) is 0.483. The molecule has 0 aliphatic heterocycles. The number of rotatable bonds is 7. The first kappa shape index (κ1) is 22.4. The van der Waals surface area contributed by atoms with Crippen LogP contribution in [0.2, 0.25) is 0 Å². The predicted octanol–water partition coefficient (Wildman–Crippen LogP) is 1.30. The van der Waals surface area contributed by atoms with Crippen LogP contribution in [0.25, 0.3) is 0 Å². The molecule has 0 fully saturated rings. The Hall–Kier alpha value is -4.30. The molecule has 0 saturated carbocycles. The Morgan fingerprint density at radius 1 is 1.09 bits per heavy atom. The number of carbonyl (C=O) groups excluding carboxylic acids is 2. The average Bonchev–Trinajstić information content (AvgIpc) is 3.12. The summed E-state index contributed by atoms with van der Waals surface area (Å²) >= 11 is 0. The predicted molar refractivity (Wildman–Crippen MR) is 103 cm³/mol. The Labute approximate surface area is 178 Å². The molecule has 3 N–H and O–H groups in total. The van der Waals surface area contributed by atoms with Gasteiger partial charge in [0.15, 0.2) is 12.3 Å². The van der Waals surface area contributed by atoms with Crippen LogP contribution >= 0.6 is 0 Å². The van der Waals surface area contributed by atoms with E-state index in [4.69, 9.17) is 0 Å². The molecule has 12 nitrogen and oxygen atoms in total. The molecule has 0 aromatic carbocycles. The number of hydrogen-bond acceptors (Lipinski definition) is 9. The lowest BCUT2D eigenvalue weighted by Crippen LogP contribution is -2.24. The molecule has 0 unspecified atom stereocenters. The van der Waals surface area contributed by atoms with E-state index >= 15 is 0 Å². The summed E-state index contributed by atoms with van der Waals surface area (Å²) in [4.78, 5) is 40.1.